The zero-order valence-corrected chi connectivity index (χ0v) is 18.8. The summed E-state index contributed by atoms with van der Waals surface area (Å²) in [5, 5.41) is 22.3. The number of fused-ring (bicyclic) bond motifs is 1. The van der Waals surface area contributed by atoms with E-state index in [1.54, 1.807) is 44.3 Å². The van der Waals surface area contributed by atoms with Gasteiger partial charge in [-0.05, 0) is 44.5 Å². The Kier molecular flexibility index (Phi) is 5.73. The Morgan fingerprint density at radius 2 is 2.09 bits per heavy atom. The SMILES string of the molecule is Cc1cc([C@@H](C)Nc2ccccc2C(=O)O)c2nc(N3CCC(F)(F)[C@H]3C)c(C#N)c(=O)n2c1. The minimum Gasteiger partial charge on any atom is -0.478 e. The van der Waals surface area contributed by atoms with E-state index in [4.69, 9.17) is 0 Å². The van der Waals surface area contributed by atoms with Crippen molar-refractivity contribution >= 4 is 23.1 Å². The van der Waals surface area contributed by atoms with E-state index in [1.807, 2.05) is 6.07 Å². The molecule has 0 unspecified atom stereocenters. The van der Waals surface area contributed by atoms with E-state index in [-0.39, 0.29) is 29.1 Å². The maximum absolute atomic E-state index is 14.2. The number of pyridine rings is 1. The van der Waals surface area contributed by atoms with Gasteiger partial charge < -0.3 is 15.3 Å². The normalized spacial score (nSPS) is 18.0. The number of halogens is 2. The van der Waals surface area contributed by atoms with Crippen LogP contribution in [0.4, 0.5) is 20.3 Å². The van der Waals surface area contributed by atoms with E-state index in [1.165, 1.54) is 22.3 Å². The smallest absolute Gasteiger partial charge is 0.337 e. The number of rotatable bonds is 5. The summed E-state index contributed by atoms with van der Waals surface area (Å²) in [5.74, 6) is -4.13. The summed E-state index contributed by atoms with van der Waals surface area (Å²) < 4.78 is 29.7. The zero-order chi connectivity index (χ0) is 24.8. The van der Waals surface area contributed by atoms with Crippen LogP contribution < -0.4 is 15.8 Å². The molecule has 0 aliphatic carbocycles. The Morgan fingerprint density at radius 3 is 2.71 bits per heavy atom. The van der Waals surface area contributed by atoms with Crippen LogP contribution in [0.5, 0.6) is 0 Å². The number of aromatic nitrogens is 2. The van der Waals surface area contributed by atoms with Crippen molar-refractivity contribution in [1.82, 2.24) is 9.38 Å². The lowest BCUT2D eigenvalue weighted by Crippen LogP contribution is -2.38. The lowest BCUT2D eigenvalue weighted by Gasteiger charge is -2.26. The van der Waals surface area contributed by atoms with E-state index < -0.39 is 36.0 Å². The highest BCUT2D eigenvalue weighted by atomic mass is 19.3. The van der Waals surface area contributed by atoms with Crippen molar-refractivity contribution in [3.63, 3.8) is 0 Å². The molecule has 10 heteroatoms. The third-order valence-electron chi connectivity index (χ3n) is 6.21. The monoisotopic (exact) mass is 467 g/mol. The van der Waals surface area contributed by atoms with Crippen LogP contribution in [0.1, 0.15) is 53.4 Å². The van der Waals surface area contributed by atoms with Gasteiger partial charge in [0.2, 0.25) is 0 Å². The second-order valence-corrected chi connectivity index (χ2v) is 8.49. The number of carbonyl (C=O) groups is 1. The molecule has 34 heavy (non-hydrogen) atoms. The highest BCUT2D eigenvalue weighted by Crippen LogP contribution is 2.37. The Morgan fingerprint density at radius 1 is 1.38 bits per heavy atom. The average Bonchev–Trinajstić information content (AvgIpc) is 3.06. The number of nitrogens with one attached hydrogen (secondary N) is 1. The highest BCUT2D eigenvalue weighted by Gasteiger charge is 2.47. The van der Waals surface area contributed by atoms with Gasteiger partial charge in [-0.2, -0.15) is 5.26 Å². The fourth-order valence-corrected chi connectivity index (χ4v) is 4.32. The molecule has 4 rings (SSSR count). The van der Waals surface area contributed by atoms with Crippen molar-refractivity contribution < 1.29 is 18.7 Å². The highest BCUT2D eigenvalue weighted by molar-refractivity contribution is 5.94. The average molecular weight is 467 g/mol. The van der Waals surface area contributed by atoms with Gasteiger partial charge in [-0.1, -0.05) is 12.1 Å². The number of alkyl halides is 2. The first kappa shape index (κ1) is 23.2. The van der Waals surface area contributed by atoms with Crippen molar-refractivity contribution in [2.45, 2.75) is 45.2 Å². The van der Waals surface area contributed by atoms with Gasteiger partial charge in [-0.15, -0.1) is 0 Å². The largest absolute Gasteiger partial charge is 0.478 e. The third-order valence-corrected chi connectivity index (χ3v) is 6.21. The van der Waals surface area contributed by atoms with Crippen LogP contribution >= 0.6 is 0 Å². The number of benzene rings is 1. The van der Waals surface area contributed by atoms with E-state index >= 15 is 0 Å². The van der Waals surface area contributed by atoms with Crippen LogP contribution in [0, 0.1) is 18.3 Å². The maximum atomic E-state index is 14.2. The molecule has 1 aliphatic rings. The number of aromatic carboxylic acids is 1. The summed E-state index contributed by atoms with van der Waals surface area (Å²) in [6.07, 6.45) is 1.14. The third kappa shape index (κ3) is 3.83. The van der Waals surface area contributed by atoms with Gasteiger partial charge in [-0.25, -0.2) is 18.6 Å². The molecular formula is C24H23F2N5O3. The second-order valence-electron chi connectivity index (χ2n) is 8.49. The summed E-state index contributed by atoms with van der Waals surface area (Å²) in [7, 11) is 0. The molecule has 2 atom stereocenters. The topological polar surface area (TPSA) is 111 Å². The first-order valence-corrected chi connectivity index (χ1v) is 10.8. The zero-order valence-electron chi connectivity index (χ0n) is 18.8. The van der Waals surface area contributed by atoms with Crippen LogP contribution in [-0.4, -0.2) is 39.0 Å². The number of nitrogens with zero attached hydrogens (tertiary/aromatic N) is 4. The van der Waals surface area contributed by atoms with E-state index in [0.717, 1.165) is 0 Å². The van der Waals surface area contributed by atoms with Crippen molar-refractivity contribution in [3.8, 4) is 6.07 Å². The summed E-state index contributed by atoms with van der Waals surface area (Å²) in [5.41, 5.74) is 0.998. The van der Waals surface area contributed by atoms with Crippen LogP contribution in [-0.2, 0) is 0 Å². The molecule has 1 aliphatic heterocycles. The van der Waals surface area contributed by atoms with Gasteiger partial charge >= 0.3 is 5.97 Å². The van der Waals surface area contributed by atoms with Crippen molar-refractivity contribution in [2.24, 2.45) is 0 Å². The molecule has 2 aromatic heterocycles. The number of aryl methyl sites for hydroxylation is 1. The predicted octanol–water partition coefficient (Wildman–Crippen LogP) is 3.98. The molecule has 0 radical (unpaired) electrons. The molecule has 8 nitrogen and oxygen atoms in total. The van der Waals surface area contributed by atoms with Crippen LogP contribution in [0.2, 0.25) is 0 Å². The molecule has 0 bridgehead atoms. The van der Waals surface area contributed by atoms with Gasteiger partial charge in [0.15, 0.2) is 11.4 Å². The van der Waals surface area contributed by atoms with Crippen molar-refractivity contribution in [2.75, 3.05) is 16.8 Å². The van der Waals surface area contributed by atoms with Crippen LogP contribution in [0.25, 0.3) is 5.65 Å². The standard InChI is InChI=1S/C24H23F2N5O3/c1-13-10-17(14(2)28-19-7-5-4-6-16(19)23(33)34)20-29-21(18(11-27)22(32)31(20)12-13)30-9-8-24(25,26)15(30)3/h4-7,10,12,14-15,28H,8-9H2,1-3H3,(H,33,34)/t14-,15-/m1/s1. The molecule has 1 fully saturated rings. The number of para-hydroxylation sites is 1. The summed E-state index contributed by atoms with van der Waals surface area (Å²) >= 11 is 0. The maximum Gasteiger partial charge on any atom is 0.337 e. The minimum absolute atomic E-state index is 0.0353. The quantitative estimate of drug-likeness (QED) is 0.584. The summed E-state index contributed by atoms with van der Waals surface area (Å²) in [4.78, 5) is 30.7. The number of nitriles is 1. The van der Waals surface area contributed by atoms with Gasteiger partial charge in [0.25, 0.3) is 11.5 Å². The summed E-state index contributed by atoms with van der Waals surface area (Å²) in [6.45, 7) is 4.87. The van der Waals surface area contributed by atoms with Gasteiger partial charge in [0, 0.05) is 30.4 Å². The van der Waals surface area contributed by atoms with E-state index in [9.17, 15) is 28.7 Å². The Balaban J connectivity index is 1.89. The number of carboxylic acids is 1. The van der Waals surface area contributed by atoms with E-state index in [2.05, 4.69) is 10.3 Å². The first-order valence-electron chi connectivity index (χ1n) is 10.8. The van der Waals surface area contributed by atoms with Crippen LogP contribution in [0.3, 0.4) is 0 Å². The molecule has 1 saturated heterocycles. The molecule has 3 heterocycles. The molecular weight excluding hydrogens is 444 g/mol. The van der Waals surface area contributed by atoms with Gasteiger partial charge in [-0.3, -0.25) is 9.20 Å². The Hall–Kier alpha value is -4.00. The lowest BCUT2D eigenvalue weighted by molar-refractivity contribution is -0.00187. The molecule has 0 saturated carbocycles. The fourth-order valence-electron chi connectivity index (χ4n) is 4.32. The Bertz CT molecular complexity index is 1400. The Labute approximate surface area is 194 Å². The second kappa shape index (κ2) is 8.41. The predicted molar refractivity (Wildman–Crippen MR) is 123 cm³/mol. The number of carboxylic acid groups (broad SMARTS) is 1. The lowest BCUT2D eigenvalue weighted by atomic mass is 10.1. The molecule has 0 spiro atoms. The molecule has 176 valence electrons. The molecule has 3 aromatic rings. The first-order chi connectivity index (χ1) is 16.0. The van der Waals surface area contributed by atoms with Crippen molar-refractivity contribution in [1.29, 1.82) is 5.26 Å². The number of anilines is 2. The molecule has 1 aromatic carbocycles. The molecule has 2 N–H and O–H groups in total. The summed E-state index contributed by atoms with van der Waals surface area (Å²) in [6, 6.07) is 8.33. The molecule has 0 amide bonds. The minimum atomic E-state index is -2.97. The van der Waals surface area contributed by atoms with Crippen LogP contribution in [0.15, 0.2) is 41.3 Å². The fraction of sp³-hybridized carbons (Fsp3) is 0.333. The number of hydrogen-bond donors (Lipinski definition) is 2. The van der Waals surface area contributed by atoms with E-state index in [0.29, 0.717) is 16.8 Å². The number of hydrogen-bond acceptors (Lipinski definition) is 6. The van der Waals surface area contributed by atoms with Gasteiger partial charge in [0.1, 0.15) is 11.7 Å². The van der Waals surface area contributed by atoms with Gasteiger partial charge in [0.05, 0.1) is 17.6 Å². The van der Waals surface area contributed by atoms with Crippen molar-refractivity contribution in [3.05, 3.63) is 69.1 Å².